The number of aryl methyl sites for hydroxylation is 2. The molecule has 0 bridgehead atoms. The van der Waals surface area contributed by atoms with E-state index in [0.29, 0.717) is 15.0 Å². The first kappa shape index (κ1) is 19.6. The van der Waals surface area contributed by atoms with Crippen LogP contribution in [-0.2, 0) is 9.53 Å². The third-order valence-electron chi connectivity index (χ3n) is 4.02. The number of anilines is 1. The molecule has 0 spiro atoms. The van der Waals surface area contributed by atoms with Crippen LogP contribution in [0.2, 0.25) is 5.02 Å². The number of fused-ring (bicyclic) bond motifs is 1. The van der Waals surface area contributed by atoms with Gasteiger partial charge < -0.3 is 4.74 Å². The molecule has 0 aliphatic heterocycles. The van der Waals surface area contributed by atoms with Crippen molar-refractivity contribution in [3.63, 3.8) is 0 Å². The molecule has 4 rings (SSSR count). The van der Waals surface area contributed by atoms with Gasteiger partial charge in [0.05, 0.1) is 17.1 Å². The average molecular weight is 447 g/mol. The number of benzene rings is 1. The van der Waals surface area contributed by atoms with E-state index in [1.165, 1.54) is 22.7 Å². The van der Waals surface area contributed by atoms with Gasteiger partial charge >= 0.3 is 5.97 Å². The molecule has 0 atom stereocenters. The summed E-state index contributed by atoms with van der Waals surface area (Å²) in [4.78, 5) is 29.7. The van der Waals surface area contributed by atoms with Crippen molar-refractivity contribution in [3.05, 3.63) is 57.0 Å². The number of nitrogens with one attached hydrogen (secondary N) is 1. The predicted molar refractivity (Wildman–Crippen MR) is 114 cm³/mol. The fourth-order valence-corrected chi connectivity index (χ4v) is 4.58. The van der Waals surface area contributed by atoms with Gasteiger partial charge in [-0.15, -0.1) is 22.7 Å². The van der Waals surface area contributed by atoms with Gasteiger partial charge in [-0.3, -0.25) is 10.1 Å². The van der Waals surface area contributed by atoms with Crippen LogP contribution in [-0.4, -0.2) is 33.2 Å². The van der Waals surface area contributed by atoms with Crippen molar-refractivity contribution in [3.8, 4) is 5.69 Å². The molecule has 0 radical (unpaired) electrons. The summed E-state index contributed by atoms with van der Waals surface area (Å²) in [6.07, 6.45) is 0. The highest BCUT2D eigenvalue weighted by molar-refractivity contribution is 7.20. The van der Waals surface area contributed by atoms with Crippen molar-refractivity contribution in [2.75, 3.05) is 11.9 Å². The van der Waals surface area contributed by atoms with Crippen LogP contribution in [0.15, 0.2) is 35.7 Å². The van der Waals surface area contributed by atoms with E-state index in [9.17, 15) is 9.59 Å². The Kier molecular flexibility index (Phi) is 5.35. The molecule has 0 aliphatic rings. The number of esters is 1. The van der Waals surface area contributed by atoms with Gasteiger partial charge in [0.15, 0.2) is 11.7 Å². The van der Waals surface area contributed by atoms with Crippen LogP contribution >= 0.6 is 34.3 Å². The SMILES string of the molecule is Cc1csc(NC(=O)COC(=O)c2cc3c(C)nn(-c4ccc(Cl)cc4)c3s2)n1. The van der Waals surface area contributed by atoms with Crippen molar-refractivity contribution < 1.29 is 14.3 Å². The largest absolute Gasteiger partial charge is 0.451 e. The van der Waals surface area contributed by atoms with Crippen molar-refractivity contribution in [1.82, 2.24) is 14.8 Å². The maximum Gasteiger partial charge on any atom is 0.348 e. The van der Waals surface area contributed by atoms with Crippen LogP contribution in [0.25, 0.3) is 15.9 Å². The Morgan fingerprint density at radius 1 is 1.24 bits per heavy atom. The monoisotopic (exact) mass is 446 g/mol. The normalized spacial score (nSPS) is 11.0. The zero-order chi connectivity index (χ0) is 20.5. The molecule has 0 unspecified atom stereocenters. The van der Waals surface area contributed by atoms with Crippen molar-refractivity contribution in [2.24, 2.45) is 0 Å². The number of hydrogen-bond donors (Lipinski definition) is 1. The van der Waals surface area contributed by atoms with Gasteiger partial charge in [-0.05, 0) is 44.2 Å². The predicted octanol–water partition coefficient (Wildman–Crippen LogP) is 4.61. The molecule has 0 aliphatic carbocycles. The van der Waals surface area contributed by atoms with E-state index in [-0.39, 0.29) is 6.61 Å². The third kappa shape index (κ3) is 4.16. The first-order valence-electron chi connectivity index (χ1n) is 8.55. The zero-order valence-corrected chi connectivity index (χ0v) is 17.8. The van der Waals surface area contributed by atoms with Crippen LogP contribution in [0.3, 0.4) is 0 Å². The number of nitrogens with zero attached hydrogens (tertiary/aromatic N) is 3. The maximum absolute atomic E-state index is 12.4. The molecule has 0 saturated carbocycles. The first-order chi connectivity index (χ1) is 13.9. The summed E-state index contributed by atoms with van der Waals surface area (Å²) in [5.74, 6) is -0.990. The number of hydrogen-bond acceptors (Lipinski definition) is 7. The van der Waals surface area contributed by atoms with Gasteiger partial charge in [-0.25, -0.2) is 14.5 Å². The second-order valence-corrected chi connectivity index (χ2v) is 8.55. The molecule has 3 aromatic heterocycles. The summed E-state index contributed by atoms with van der Waals surface area (Å²) in [6, 6.07) is 9.02. The highest BCUT2D eigenvalue weighted by Crippen LogP contribution is 2.31. The summed E-state index contributed by atoms with van der Waals surface area (Å²) in [7, 11) is 0. The van der Waals surface area contributed by atoms with Gasteiger partial charge in [-0.1, -0.05) is 11.6 Å². The lowest BCUT2D eigenvalue weighted by atomic mass is 10.3. The standard InChI is InChI=1S/C19H15ClN4O3S2/c1-10-9-28-19(21-10)22-16(25)8-27-18(26)15-7-14-11(2)23-24(17(14)29-15)13-5-3-12(20)4-6-13/h3-7,9H,8H2,1-2H3,(H,21,22,25). The summed E-state index contributed by atoms with van der Waals surface area (Å²) in [5.41, 5.74) is 2.45. The van der Waals surface area contributed by atoms with Crippen LogP contribution in [0.4, 0.5) is 5.13 Å². The van der Waals surface area contributed by atoms with E-state index >= 15 is 0 Å². The number of thiophene rings is 1. The molecule has 1 aromatic carbocycles. The van der Waals surface area contributed by atoms with E-state index in [1.54, 1.807) is 22.9 Å². The van der Waals surface area contributed by atoms with Gasteiger partial charge in [0.2, 0.25) is 0 Å². The van der Waals surface area contributed by atoms with Gasteiger partial charge in [0.25, 0.3) is 5.91 Å². The lowest BCUT2D eigenvalue weighted by molar-refractivity contribution is -0.119. The van der Waals surface area contributed by atoms with Gasteiger partial charge in [0.1, 0.15) is 9.71 Å². The van der Waals surface area contributed by atoms with E-state index in [4.69, 9.17) is 16.3 Å². The van der Waals surface area contributed by atoms with E-state index in [1.807, 2.05) is 31.4 Å². The van der Waals surface area contributed by atoms with Crippen LogP contribution < -0.4 is 5.32 Å². The fraction of sp³-hybridized carbons (Fsp3) is 0.158. The molecule has 29 heavy (non-hydrogen) atoms. The van der Waals surface area contributed by atoms with Crippen molar-refractivity contribution >= 4 is 61.5 Å². The lowest BCUT2D eigenvalue weighted by Crippen LogP contribution is -2.20. The maximum atomic E-state index is 12.4. The highest BCUT2D eigenvalue weighted by Gasteiger charge is 2.19. The molecular formula is C19H15ClN4O3S2. The van der Waals surface area contributed by atoms with Crippen molar-refractivity contribution in [1.29, 1.82) is 0 Å². The number of aromatic nitrogens is 3. The van der Waals surface area contributed by atoms with Crippen LogP contribution in [0.1, 0.15) is 21.1 Å². The molecule has 10 heteroatoms. The Bertz CT molecular complexity index is 1210. The molecular weight excluding hydrogens is 432 g/mol. The summed E-state index contributed by atoms with van der Waals surface area (Å²) < 4.78 is 6.92. The van der Waals surface area contributed by atoms with Gasteiger partial charge in [0, 0.05) is 15.8 Å². The molecule has 4 aromatic rings. The Morgan fingerprint density at radius 3 is 2.69 bits per heavy atom. The molecule has 0 fully saturated rings. The minimum atomic E-state index is -0.557. The first-order valence-corrected chi connectivity index (χ1v) is 10.6. The molecule has 1 N–H and O–H groups in total. The molecule has 3 heterocycles. The zero-order valence-electron chi connectivity index (χ0n) is 15.4. The number of halogens is 1. The molecule has 1 amide bonds. The number of carbonyl (C=O) groups excluding carboxylic acids is 2. The number of rotatable bonds is 5. The lowest BCUT2D eigenvalue weighted by Gasteiger charge is -2.03. The third-order valence-corrected chi connectivity index (χ3v) is 6.23. The average Bonchev–Trinajstić information content (AvgIpc) is 3.38. The Balaban J connectivity index is 1.49. The number of thiazole rings is 1. The van der Waals surface area contributed by atoms with Crippen LogP contribution in [0, 0.1) is 13.8 Å². The summed E-state index contributed by atoms with van der Waals surface area (Å²) in [5, 5.41) is 10.9. The second-order valence-electron chi connectivity index (χ2n) is 6.22. The van der Waals surface area contributed by atoms with Crippen LogP contribution in [0.5, 0.6) is 0 Å². The quantitative estimate of drug-likeness (QED) is 0.452. The van der Waals surface area contributed by atoms with E-state index in [0.717, 1.165) is 27.3 Å². The molecule has 148 valence electrons. The topological polar surface area (TPSA) is 86.1 Å². The van der Waals surface area contributed by atoms with E-state index in [2.05, 4.69) is 15.4 Å². The Labute approximate surface area is 178 Å². The minimum Gasteiger partial charge on any atom is -0.451 e. The Morgan fingerprint density at radius 2 is 2.00 bits per heavy atom. The van der Waals surface area contributed by atoms with E-state index < -0.39 is 11.9 Å². The Hall–Kier alpha value is -2.75. The summed E-state index contributed by atoms with van der Waals surface area (Å²) >= 11 is 8.53. The van der Waals surface area contributed by atoms with Crippen molar-refractivity contribution in [2.45, 2.75) is 13.8 Å². The molecule has 0 saturated heterocycles. The minimum absolute atomic E-state index is 0.381. The fourth-order valence-electron chi connectivity index (χ4n) is 2.67. The number of ether oxygens (including phenoxy) is 1. The smallest absolute Gasteiger partial charge is 0.348 e. The second kappa shape index (κ2) is 7.94. The number of carbonyl (C=O) groups is 2. The van der Waals surface area contributed by atoms with Gasteiger partial charge in [-0.2, -0.15) is 5.10 Å². The highest BCUT2D eigenvalue weighted by atomic mass is 35.5. The number of amides is 1. The molecule has 7 nitrogen and oxygen atoms in total. The summed E-state index contributed by atoms with van der Waals surface area (Å²) in [6.45, 7) is 3.33.